The van der Waals surface area contributed by atoms with Crippen molar-refractivity contribution in [3.05, 3.63) is 65.7 Å². The molecule has 0 spiro atoms. The molecule has 0 fully saturated rings. The molecule has 1 aliphatic heterocycles. The topological polar surface area (TPSA) is 3.24 Å². The summed E-state index contributed by atoms with van der Waals surface area (Å²) in [6.45, 7) is 1.10. The van der Waals surface area contributed by atoms with E-state index in [1.165, 1.54) is 25.6 Å². The van der Waals surface area contributed by atoms with Gasteiger partial charge in [0.15, 0.2) is 0 Å². The monoisotopic (exact) mass is 365 g/mol. The van der Waals surface area contributed by atoms with Crippen molar-refractivity contribution in [2.24, 2.45) is 0 Å². The zero-order valence-corrected chi connectivity index (χ0v) is 14.9. The van der Waals surface area contributed by atoms with Gasteiger partial charge in [-0.3, -0.25) is 0 Å². The number of halogens is 1. The first-order chi connectivity index (χ1) is 9.75. The third-order valence-corrected chi connectivity index (χ3v) is 5.92. The van der Waals surface area contributed by atoms with Gasteiger partial charge in [-0.1, -0.05) is 0 Å². The zero-order chi connectivity index (χ0) is 13.9. The molecular weight excluding hydrogens is 345 g/mol. The minimum Gasteiger partial charge on any atom is -0.147 e. The number of rotatable bonds is 3. The summed E-state index contributed by atoms with van der Waals surface area (Å²) < 4.78 is 3.02. The second-order valence-corrected chi connectivity index (χ2v) is 7.58. The van der Waals surface area contributed by atoms with Gasteiger partial charge in [-0.25, -0.2) is 0 Å². The summed E-state index contributed by atoms with van der Waals surface area (Å²) in [5.74, 6) is 0. The largest absolute Gasteiger partial charge is 0.147 e. The Morgan fingerprint density at radius 1 is 0.905 bits per heavy atom. The van der Waals surface area contributed by atoms with Crippen molar-refractivity contribution >= 4 is 41.9 Å². The van der Waals surface area contributed by atoms with Crippen molar-refractivity contribution in [2.75, 3.05) is 20.6 Å². The Hall–Kier alpha value is -1.05. The van der Waals surface area contributed by atoms with Crippen LogP contribution in [0, 0.1) is 0 Å². The van der Waals surface area contributed by atoms with Gasteiger partial charge in [0.25, 0.3) is 0 Å². The Balaban J connectivity index is 0.00000161. The fourth-order valence-corrected chi connectivity index (χ4v) is 4.83. The van der Waals surface area contributed by atoms with E-state index in [-0.39, 0.29) is 12.4 Å². The van der Waals surface area contributed by atoms with Crippen molar-refractivity contribution in [1.82, 2.24) is 4.90 Å². The molecule has 0 unspecified atom stereocenters. The Labute approximate surface area is 139 Å². The first-order valence-electron chi connectivity index (χ1n) is 6.97. The fourth-order valence-electron chi connectivity index (χ4n) is 2.51. The minimum atomic E-state index is 0. The predicted molar refractivity (Wildman–Crippen MR) is 95.4 cm³/mol. The molecule has 0 N–H and O–H groups in total. The van der Waals surface area contributed by atoms with Crippen LogP contribution in [0.4, 0.5) is 0 Å². The molecule has 1 nitrogen and oxygen atoms in total. The molecule has 0 bridgehead atoms. The van der Waals surface area contributed by atoms with Gasteiger partial charge in [-0.05, 0) is 0 Å². The molecule has 3 heteroatoms. The molecule has 110 valence electrons. The molecule has 0 atom stereocenters. The normalized spacial score (nSPS) is 12.4. The Morgan fingerprint density at radius 3 is 1.95 bits per heavy atom. The standard InChI is InChI=1S/C18H19NSe.ClH/c1-19(2)13-7-10-14-15-8-3-5-11-17(15)20-18-12-6-4-9-16(14)18;/h3-6,8-12H,7,13H2,1-2H3;1H. The van der Waals surface area contributed by atoms with Crippen molar-refractivity contribution in [2.45, 2.75) is 6.42 Å². The molecule has 0 aliphatic carbocycles. The van der Waals surface area contributed by atoms with Crippen LogP contribution < -0.4 is 8.92 Å². The molecule has 3 rings (SSSR count). The fraction of sp³-hybridized carbons (Fsp3) is 0.222. The van der Waals surface area contributed by atoms with Gasteiger partial charge in [0.1, 0.15) is 0 Å². The SMILES string of the molecule is CN(C)CCC=C1c2ccccc2[Se]c2ccccc21.Cl. The predicted octanol–water partition coefficient (Wildman–Crippen LogP) is 2.46. The van der Waals surface area contributed by atoms with Crippen molar-refractivity contribution in [3.8, 4) is 0 Å². The van der Waals surface area contributed by atoms with Crippen LogP contribution in [-0.2, 0) is 0 Å². The van der Waals surface area contributed by atoms with Crippen molar-refractivity contribution < 1.29 is 0 Å². The summed E-state index contributed by atoms with van der Waals surface area (Å²) in [4.78, 5) is 2.24. The van der Waals surface area contributed by atoms with E-state index in [0.717, 1.165) is 13.0 Å². The average Bonchev–Trinajstić information content (AvgIpc) is 2.46. The van der Waals surface area contributed by atoms with Crippen LogP contribution in [0.3, 0.4) is 0 Å². The Morgan fingerprint density at radius 2 is 1.43 bits per heavy atom. The van der Waals surface area contributed by atoms with Crippen LogP contribution in [0.1, 0.15) is 17.5 Å². The first-order valence-corrected chi connectivity index (χ1v) is 8.68. The molecule has 0 amide bonds. The van der Waals surface area contributed by atoms with Gasteiger partial charge in [-0.2, -0.15) is 0 Å². The molecule has 21 heavy (non-hydrogen) atoms. The average molecular weight is 365 g/mol. The second kappa shape index (κ2) is 7.28. The van der Waals surface area contributed by atoms with Crippen LogP contribution in [0.2, 0.25) is 0 Å². The van der Waals surface area contributed by atoms with E-state index in [9.17, 15) is 0 Å². The van der Waals surface area contributed by atoms with Gasteiger partial charge in [-0.15, -0.1) is 12.4 Å². The molecule has 2 aromatic rings. The Kier molecular flexibility index (Phi) is 5.66. The number of hydrogen-bond acceptors (Lipinski definition) is 1. The van der Waals surface area contributed by atoms with Gasteiger partial charge in [0.05, 0.1) is 0 Å². The van der Waals surface area contributed by atoms with E-state index in [4.69, 9.17) is 0 Å². The van der Waals surface area contributed by atoms with Crippen LogP contribution in [-0.4, -0.2) is 40.5 Å². The van der Waals surface area contributed by atoms with E-state index >= 15 is 0 Å². The third-order valence-electron chi connectivity index (χ3n) is 3.50. The molecule has 1 aliphatic rings. The number of hydrogen-bond donors (Lipinski definition) is 0. The van der Waals surface area contributed by atoms with Gasteiger partial charge < -0.3 is 0 Å². The summed E-state index contributed by atoms with van der Waals surface area (Å²) in [6.07, 6.45) is 3.50. The second-order valence-electron chi connectivity index (χ2n) is 5.30. The van der Waals surface area contributed by atoms with Crippen LogP contribution in [0.15, 0.2) is 54.6 Å². The summed E-state index contributed by atoms with van der Waals surface area (Å²) >= 11 is 0.437. The molecular formula is C18H20ClNSe. The van der Waals surface area contributed by atoms with Crippen LogP contribution in [0.5, 0.6) is 0 Å². The molecule has 0 saturated carbocycles. The summed E-state index contributed by atoms with van der Waals surface area (Å²) in [6, 6.07) is 17.7. The molecule has 2 aromatic carbocycles. The summed E-state index contributed by atoms with van der Waals surface area (Å²) in [5.41, 5.74) is 4.29. The smallest absolute Gasteiger partial charge is 0.147 e. The third kappa shape index (κ3) is 3.59. The molecule has 0 radical (unpaired) electrons. The van der Waals surface area contributed by atoms with E-state index in [1.54, 1.807) is 0 Å². The maximum atomic E-state index is 2.41. The van der Waals surface area contributed by atoms with E-state index in [0.29, 0.717) is 15.0 Å². The quantitative estimate of drug-likeness (QED) is 0.645. The maximum Gasteiger partial charge on any atom is -0.147 e. The van der Waals surface area contributed by atoms with E-state index in [1.807, 2.05) is 0 Å². The van der Waals surface area contributed by atoms with Crippen molar-refractivity contribution in [3.63, 3.8) is 0 Å². The summed E-state index contributed by atoms with van der Waals surface area (Å²) in [5, 5.41) is 0. The van der Waals surface area contributed by atoms with E-state index in [2.05, 4.69) is 73.6 Å². The number of fused-ring (bicyclic) bond motifs is 2. The van der Waals surface area contributed by atoms with Gasteiger partial charge in [0.2, 0.25) is 0 Å². The molecule has 0 aromatic heterocycles. The maximum absolute atomic E-state index is 2.41. The van der Waals surface area contributed by atoms with Crippen LogP contribution >= 0.6 is 12.4 Å². The van der Waals surface area contributed by atoms with Gasteiger partial charge >= 0.3 is 127 Å². The minimum absolute atomic E-state index is 0. The number of nitrogens with zero attached hydrogens (tertiary/aromatic N) is 1. The molecule has 0 saturated heterocycles. The van der Waals surface area contributed by atoms with Crippen LogP contribution in [0.25, 0.3) is 5.57 Å². The van der Waals surface area contributed by atoms with Gasteiger partial charge in [0, 0.05) is 0 Å². The Bertz CT molecular complexity index is 602. The molecule has 1 heterocycles. The first kappa shape index (κ1) is 16.3. The van der Waals surface area contributed by atoms with E-state index < -0.39 is 0 Å². The zero-order valence-electron chi connectivity index (χ0n) is 12.4. The van der Waals surface area contributed by atoms with Crippen molar-refractivity contribution in [1.29, 1.82) is 0 Å². The summed E-state index contributed by atoms with van der Waals surface area (Å²) in [7, 11) is 4.26. The number of benzene rings is 2.